The van der Waals surface area contributed by atoms with E-state index < -0.39 is 10.2 Å². The minimum Gasteiger partial charge on any atom is -0.330 e. The number of hydrogen-bond acceptors (Lipinski definition) is 6. The van der Waals surface area contributed by atoms with Crippen LogP contribution in [0.4, 0.5) is 5.13 Å². The Morgan fingerprint density at radius 2 is 2.19 bits per heavy atom. The van der Waals surface area contributed by atoms with Crippen molar-refractivity contribution in [3.63, 3.8) is 0 Å². The van der Waals surface area contributed by atoms with E-state index in [4.69, 9.17) is 5.73 Å². The molecule has 0 radical (unpaired) electrons. The molecule has 3 rings (SSSR count). The fourth-order valence-electron chi connectivity index (χ4n) is 1.79. The highest BCUT2D eigenvalue weighted by Gasteiger charge is 2.27. The van der Waals surface area contributed by atoms with Crippen molar-refractivity contribution in [2.24, 2.45) is 5.73 Å². The summed E-state index contributed by atoms with van der Waals surface area (Å²) in [7, 11) is -3.51. The van der Waals surface area contributed by atoms with Crippen LogP contribution in [0.5, 0.6) is 0 Å². The molecule has 0 saturated heterocycles. The maximum absolute atomic E-state index is 11.8. The number of nitrogens with one attached hydrogen (secondary N) is 2. The average Bonchev–Trinajstić information content (AvgIpc) is 2.90. The molecule has 114 valence electrons. The van der Waals surface area contributed by atoms with Gasteiger partial charge in [0.05, 0.1) is 10.6 Å². The molecular formula is C12H16N4O2S3. The Morgan fingerprint density at radius 1 is 1.38 bits per heavy atom. The summed E-state index contributed by atoms with van der Waals surface area (Å²) >= 11 is 2.92. The summed E-state index contributed by atoms with van der Waals surface area (Å²) in [6.07, 6.45) is 2.66. The van der Waals surface area contributed by atoms with Crippen molar-refractivity contribution >= 4 is 38.0 Å². The summed E-state index contributed by atoms with van der Waals surface area (Å²) < 4.78 is 28.7. The largest absolute Gasteiger partial charge is 0.330 e. The number of rotatable bonds is 7. The van der Waals surface area contributed by atoms with Crippen LogP contribution in [0.3, 0.4) is 0 Å². The smallest absolute Gasteiger partial charge is 0.301 e. The van der Waals surface area contributed by atoms with Crippen LogP contribution in [-0.2, 0) is 16.6 Å². The molecule has 0 bridgehead atoms. The molecule has 0 amide bonds. The zero-order valence-corrected chi connectivity index (χ0v) is 13.7. The third-order valence-electron chi connectivity index (χ3n) is 2.93. The van der Waals surface area contributed by atoms with Crippen LogP contribution >= 0.6 is 22.7 Å². The Kier molecular flexibility index (Phi) is 4.27. The number of hydrogen-bond donors (Lipinski definition) is 3. The van der Waals surface area contributed by atoms with Crippen molar-refractivity contribution in [2.45, 2.75) is 25.3 Å². The standard InChI is InChI=1S/C12H16N4O2S3/c13-6-5-9-3-4-11(20-9)10-7-19-12(14-10)16-21(17,18)15-8-1-2-8/h3-4,7-8,15H,1-2,5-6,13H2,(H,14,16). The highest BCUT2D eigenvalue weighted by Crippen LogP contribution is 2.31. The van der Waals surface area contributed by atoms with Gasteiger partial charge in [-0.05, 0) is 37.9 Å². The van der Waals surface area contributed by atoms with E-state index in [1.807, 2.05) is 17.5 Å². The van der Waals surface area contributed by atoms with Crippen molar-refractivity contribution in [3.8, 4) is 10.6 Å². The van der Waals surface area contributed by atoms with E-state index in [1.54, 1.807) is 11.3 Å². The van der Waals surface area contributed by atoms with Crippen LogP contribution in [-0.4, -0.2) is 26.0 Å². The van der Waals surface area contributed by atoms with E-state index in [0.717, 1.165) is 29.8 Å². The number of thiophene rings is 1. The fourth-order valence-corrected chi connectivity index (χ4v) is 4.93. The second-order valence-corrected chi connectivity index (χ2v) is 8.31. The molecular weight excluding hydrogens is 328 g/mol. The normalized spacial score (nSPS) is 15.3. The van der Waals surface area contributed by atoms with Crippen molar-refractivity contribution in [1.29, 1.82) is 0 Å². The van der Waals surface area contributed by atoms with Crippen molar-refractivity contribution < 1.29 is 8.42 Å². The Bertz CT molecular complexity index is 718. The Labute approximate surface area is 131 Å². The van der Waals surface area contributed by atoms with Crippen LogP contribution in [0.1, 0.15) is 17.7 Å². The lowest BCUT2D eigenvalue weighted by Crippen LogP contribution is -2.31. The summed E-state index contributed by atoms with van der Waals surface area (Å²) in [5, 5.41) is 2.24. The van der Waals surface area contributed by atoms with E-state index in [0.29, 0.717) is 11.7 Å². The molecule has 0 spiro atoms. The second-order valence-electron chi connectivity index (χ2n) is 4.84. The quantitative estimate of drug-likeness (QED) is 0.713. The summed E-state index contributed by atoms with van der Waals surface area (Å²) in [6.45, 7) is 0.620. The van der Waals surface area contributed by atoms with Crippen LogP contribution in [0, 0.1) is 0 Å². The molecule has 0 aliphatic heterocycles. The Hall–Kier alpha value is -1.00. The molecule has 9 heteroatoms. The highest BCUT2D eigenvalue weighted by atomic mass is 32.2. The predicted octanol–water partition coefficient (Wildman–Crippen LogP) is 1.78. The molecule has 1 fully saturated rings. The molecule has 0 aromatic carbocycles. The third-order valence-corrected chi connectivity index (χ3v) is 6.09. The zero-order chi connectivity index (χ0) is 14.9. The van der Waals surface area contributed by atoms with Gasteiger partial charge >= 0.3 is 10.2 Å². The fraction of sp³-hybridized carbons (Fsp3) is 0.417. The summed E-state index contributed by atoms with van der Waals surface area (Å²) in [6, 6.07) is 4.11. The van der Waals surface area contributed by atoms with Gasteiger partial charge in [0, 0.05) is 16.3 Å². The van der Waals surface area contributed by atoms with Gasteiger partial charge in [-0.3, -0.25) is 0 Å². The van der Waals surface area contributed by atoms with Crippen LogP contribution in [0.15, 0.2) is 17.5 Å². The predicted molar refractivity (Wildman–Crippen MR) is 86.9 cm³/mol. The Balaban J connectivity index is 1.70. The maximum Gasteiger partial charge on any atom is 0.301 e. The topological polar surface area (TPSA) is 97.1 Å². The first-order valence-electron chi connectivity index (χ1n) is 6.60. The number of aromatic nitrogens is 1. The first-order valence-corrected chi connectivity index (χ1v) is 9.78. The number of thiazole rings is 1. The van der Waals surface area contributed by atoms with Gasteiger partial charge in [0.15, 0.2) is 5.13 Å². The van der Waals surface area contributed by atoms with Gasteiger partial charge in [-0.25, -0.2) is 9.71 Å². The first-order chi connectivity index (χ1) is 10.1. The van der Waals surface area contributed by atoms with E-state index in [9.17, 15) is 8.42 Å². The van der Waals surface area contributed by atoms with Gasteiger partial charge in [-0.15, -0.1) is 22.7 Å². The van der Waals surface area contributed by atoms with E-state index >= 15 is 0 Å². The molecule has 2 heterocycles. The zero-order valence-electron chi connectivity index (χ0n) is 11.2. The molecule has 6 nitrogen and oxygen atoms in total. The molecule has 0 unspecified atom stereocenters. The molecule has 2 aromatic heterocycles. The van der Waals surface area contributed by atoms with Crippen molar-refractivity contribution in [2.75, 3.05) is 11.3 Å². The lowest BCUT2D eigenvalue weighted by Gasteiger charge is -2.04. The molecule has 1 aliphatic rings. The summed E-state index contributed by atoms with van der Waals surface area (Å²) in [5.74, 6) is 0. The van der Waals surface area contributed by atoms with Crippen LogP contribution in [0.25, 0.3) is 10.6 Å². The van der Waals surface area contributed by atoms with Crippen LogP contribution < -0.4 is 15.2 Å². The summed E-state index contributed by atoms with van der Waals surface area (Å²) in [5.41, 5.74) is 6.33. The molecule has 4 N–H and O–H groups in total. The number of nitrogens with zero attached hydrogens (tertiary/aromatic N) is 1. The second kappa shape index (κ2) is 6.01. The van der Waals surface area contributed by atoms with Gasteiger partial charge in [0.1, 0.15) is 0 Å². The van der Waals surface area contributed by atoms with E-state index in [2.05, 4.69) is 14.4 Å². The lowest BCUT2D eigenvalue weighted by atomic mass is 10.3. The number of nitrogens with two attached hydrogens (primary N) is 1. The molecule has 21 heavy (non-hydrogen) atoms. The molecule has 1 saturated carbocycles. The number of anilines is 1. The molecule has 1 aliphatic carbocycles. The maximum atomic E-state index is 11.8. The van der Waals surface area contributed by atoms with Crippen molar-refractivity contribution in [3.05, 3.63) is 22.4 Å². The minimum absolute atomic E-state index is 0.0815. The minimum atomic E-state index is -3.51. The van der Waals surface area contributed by atoms with Gasteiger partial charge in [0.2, 0.25) is 0 Å². The molecule has 0 atom stereocenters. The monoisotopic (exact) mass is 344 g/mol. The van der Waals surface area contributed by atoms with E-state index in [-0.39, 0.29) is 6.04 Å². The Morgan fingerprint density at radius 3 is 2.90 bits per heavy atom. The van der Waals surface area contributed by atoms with Gasteiger partial charge in [-0.1, -0.05) is 0 Å². The van der Waals surface area contributed by atoms with Gasteiger partial charge in [0.25, 0.3) is 0 Å². The average molecular weight is 344 g/mol. The molecule has 2 aromatic rings. The van der Waals surface area contributed by atoms with Gasteiger partial charge in [-0.2, -0.15) is 13.1 Å². The van der Waals surface area contributed by atoms with Gasteiger partial charge < -0.3 is 5.73 Å². The summed E-state index contributed by atoms with van der Waals surface area (Å²) in [4.78, 5) is 6.56. The third kappa shape index (κ3) is 4.01. The highest BCUT2D eigenvalue weighted by molar-refractivity contribution is 7.91. The van der Waals surface area contributed by atoms with E-state index in [1.165, 1.54) is 16.2 Å². The van der Waals surface area contributed by atoms with Crippen molar-refractivity contribution in [1.82, 2.24) is 9.71 Å². The SMILES string of the molecule is NCCc1ccc(-c2csc(NS(=O)(=O)NC3CC3)n2)s1. The lowest BCUT2D eigenvalue weighted by molar-refractivity contribution is 0.586. The van der Waals surface area contributed by atoms with Crippen LogP contribution in [0.2, 0.25) is 0 Å². The first kappa shape index (κ1) is 14.9.